The Bertz CT molecular complexity index is 1240. The molecule has 33 heavy (non-hydrogen) atoms. The standard InChI is InChI=1S/C27H31N5O/c1-27(22-13-12-21-15-29-32(23(21)14-22)16-17-4-3-5-17)24(25(33)31(2)26(28)30-27)20-10-8-19(9-11-20)18-6-7-18/h8-15,17-18,24H,3-7,16H2,1-2H3,(H2,28,30)/t24-,27+/m0/s1. The minimum absolute atomic E-state index is 0.0523. The molecule has 6 rings (SSSR count). The van der Waals surface area contributed by atoms with Crippen molar-refractivity contribution in [2.24, 2.45) is 5.92 Å². The van der Waals surface area contributed by atoms with Crippen LogP contribution < -0.4 is 5.32 Å². The molecule has 0 bridgehead atoms. The molecule has 1 aromatic heterocycles. The van der Waals surface area contributed by atoms with Crippen LogP contribution in [0.1, 0.15) is 67.6 Å². The minimum atomic E-state index is -0.735. The van der Waals surface area contributed by atoms with Crippen molar-refractivity contribution >= 4 is 22.8 Å². The van der Waals surface area contributed by atoms with Crippen molar-refractivity contribution in [2.45, 2.75) is 62.9 Å². The Morgan fingerprint density at radius 1 is 1.09 bits per heavy atom. The highest BCUT2D eigenvalue weighted by molar-refractivity contribution is 6.02. The zero-order valence-corrected chi connectivity index (χ0v) is 19.3. The molecule has 6 heteroatoms. The Morgan fingerprint density at radius 3 is 2.48 bits per heavy atom. The van der Waals surface area contributed by atoms with E-state index < -0.39 is 11.5 Å². The molecule has 170 valence electrons. The average Bonchev–Trinajstić information content (AvgIpc) is 3.55. The van der Waals surface area contributed by atoms with Gasteiger partial charge in [-0.3, -0.25) is 19.8 Å². The second-order valence-corrected chi connectivity index (χ2v) is 10.3. The minimum Gasteiger partial charge on any atom is -0.346 e. The van der Waals surface area contributed by atoms with E-state index in [9.17, 15) is 4.79 Å². The van der Waals surface area contributed by atoms with Gasteiger partial charge in [-0.2, -0.15) is 5.10 Å². The number of nitrogens with one attached hydrogen (secondary N) is 2. The number of hydrogen-bond donors (Lipinski definition) is 2. The van der Waals surface area contributed by atoms with E-state index in [1.165, 1.54) is 42.6 Å². The Labute approximate surface area is 194 Å². The van der Waals surface area contributed by atoms with E-state index >= 15 is 0 Å². The number of benzene rings is 2. The first-order valence-electron chi connectivity index (χ1n) is 12.1. The summed E-state index contributed by atoms with van der Waals surface area (Å²) in [7, 11) is 1.68. The third-order valence-electron chi connectivity index (χ3n) is 8.09. The maximum absolute atomic E-state index is 13.6. The van der Waals surface area contributed by atoms with E-state index in [2.05, 4.69) is 64.5 Å². The highest BCUT2D eigenvalue weighted by Gasteiger charge is 2.48. The molecule has 1 saturated heterocycles. The third-order valence-corrected chi connectivity index (χ3v) is 8.09. The number of guanidine groups is 1. The van der Waals surface area contributed by atoms with Crippen molar-refractivity contribution in [1.82, 2.24) is 20.0 Å². The molecule has 3 aliphatic rings. The number of rotatable bonds is 5. The van der Waals surface area contributed by atoms with E-state index in [-0.39, 0.29) is 11.9 Å². The van der Waals surface area contributed by atoms with Crippen LogP contribution in [0.2, 0.25) is 0 Å². The van der Waals surface area contributed by atoms with Crippen LogP contribution in [-0.4, -0.2) is 33.6 Å². The summed E-state index contributed by atoms with van der Waals surface area (Å²) in [5.74, 6) is 1.05. The zero-order chi connectivity index (χ0) is 22.7. The summed E-state index contributed by atoms with van der Waals surface area (Å²) in [5, 5.41) is 17.6. The third kappa shape index (κ3) is 3.35. The summed E-state index contributed by atoms with van der Waals surface area (Å²) >= 11 is 0. The molecule has 3 fully saturated rings. The van der Waals surface area contributed by atoms with Gasteiger partial charge in [0.1, 0.15) is 0 Å². The van der Waals surface area contributed by atoms with Gasteiger partial charge < -0.3 is 5.32 Å². The molecule has 2 atom stereocenters. The molecule has 2 aromatic carbocycles. The fourth-order valence-corrected chi connectivity index (χ4v) is 5.50. The number of carbonyl (C=O) groups excluding carboxylic acids is 1. The second-order valence-electron chi connectivity index (χ2n) is 10.3. The normalized spacial score (nSPS) is 25.9. The van der Waals surface area contributed by atoms with Gasteiger partial charge in [-0.15, -0.1) is 0 Å². The lowest BCUT2D eigenvalue weighted by Crippen LogP contribution is -2.62. The highest BCUT2D eigenvalue weighted by Crippen LogP contribution is 2.44. The number of fused-ring (bicyclic) bond motifs is 1. The van der Waals surface area contributed by atoms with E-state index in [1.807, 2.05) is 6.20 Å². The Balaban J connectivity index is 1.42. The summed E-state index contributed by atoms with van der Waals surface area (Å²) in [4.78, 5) is 15.0. The first-order chi connectivity index (χ1) is 15.9. The van der Waals surface area contributed by atoms with Crippen molar-refractivity contribution in [3.8, 4) is 0 Å². The number of carbonyl (C=O) groups is 1. The lowest BCUT2D eigenvalue weighted by molar-refractivity contribution is -0.131. The molecule has 0 unspecified atom stereocenters. The SMILES string of the molecule is CN1C(=N)N[C@](C)(c2ccc3cnn(CC4CCC4)c3c2)[C@@H](c2ccc(C3CC3)cc2)C1=O. The highest BCUT2D eigenvalue weighted by atomic mass is 16.2. The second kappa shape index (κ2) is 7.44. The van der Waals surface area contributed by atoms with E-state index in [1.54, 1.807) is 7.05 Å². The molecule has 3 aromatic rings. The lowest BCUT2D eigenvalue weighted by atomic mass is 9.73. The first-order valence-corrected chi connectivity index (χ1v) is 12.1. The summed E-state index contributed by atoms with van der Waals surface area (Å²) in [6, 6.07) is 14.9. The van der Waals surface area contributed by atoms with Crippen LogP contribution in [0.15, 0.2) is 48.7 Å². The quantitative estimate of drug-likeness (QED) is 0.602. The van der Waals surface area contributed by atoms with Gasteiger partial charge >= 0.3 is 0 Å². The monoisotopic (exact) mass is 441 g/mol. The predicted molar refractivity (Wildman–Crippen MR) is 129 cm³/mol. The van der Waals surface area contributed by atoms with Crippen molar-refractivity contribution in [2.75, 3.05) is 7.05 Å². The fraction of sp³-hybridized carbons (Fsp3) is 0.444. The van der Waals surface area contributed by atoms with Crippen LogP contribution in [-0.2, 0) is 16.9 Å². The van der Waals surface area contributed by atoms with Gasteiger partial charge in [0.05, 0.1) is 23.2 Å². The van der Waals surface area contributed by atoms with Crippen molar-refractivity contribution in [3.05, 3.63) is 65.4 Å². The average molecular weight is 442 g/mol. The molecule has 2 N–H and O–H groups in total. The molecule has 2 heterocycles. The Hall–Kier alpha value is -3.15. The fourth-order valence-electron chi connectivity index (χ4n) is 5.50. The van der Waals surface area contributed by atoms with Gasteiger partial charge in [0.2, 0.25) is 5.91 Å². The summed E-state index contributed by atoms with van der Waals surface area (Å²) in [6.45, 7) is 3.00. The topological polar surface area (TPSA) is 74.0 Å². The van der Waals surface area contributed by atoms with E-state index in [0.717, 1.165) is 28.6 Å². The molecule has 2 saturated carbocycles. The van der Waals surface area contributed by atoms with Crippen LogP contribution in [0.4, 0.5) is 0 Å². The smallest absolute Gasteiger partial charge is 0.239 e. The summed E-state index contributed by atoms with van der Waals surface area (Å²) in [5.41, 5.74) is 3.72. The Morgan fingerprint density at radius 2 is 1.82 bits per heavy atom. The molecule has 2 aliphatic carbocycles. The number of amides is 1. The molecule has 0 radical (unpaired) electrons. The van der Waals surface area contributed by atoms with Gasteiger partial charge in [-0.25, -0.2) is 0 Å². The zero-order valence-electron chi connectivity index (χ0n) is 19.3. The van der Waals surface area contributed by atoms with Gasteiger partial charge in [-0.1, -0.05) is 42.8 Å². The van der Waals surface area contributed by atoms with E-state index in [4.69, 9.17) is 5.41 Å². The summed E-state index contributed by atoms with van der Waals surface area (Å²) in [6.07, 6.45) is 8.32. The van der Waals surface area contributed by atoms with Crippen LogP contribution in [0, 0.1) is 11.3 Å². The lowest BCUT2D eigenvalue weighted by Gasteiger charge is -2.46. The van der Waals surface area contributed by atoms with Gasteiger partial charge in [0, 0.05) is 19.0 Å². The van der Waals surface area contributed by atoms with Gasteiger partial charge in [0.15, 0.2) is 5.96 Å². The summed E-state index contributed by atoms with van der Waals surface area (Å²) < 4.78 is 2.12. The van der Waals surface area contributed by atoms with Crippen molar-refractivity contribution in [1.29, 1.82) is 5.41 Å². The maximum atomic E-state index is 13.6. The number of aromatic nitrogens is 2. The number of hydrogen-bond acceptors (Lipinski definition) is 3. The number of likely N-dealkylation sites (N-methyl/N-ethyl adjacent to an activating group) is 1. The first kappa shape index (κ1) is 20.5. The van der Waals surface area contributed by atoms with Crippen LogP contribution in [0.3, 0.4) is 0 Å². The predicted octanol–water partition coefficient (Wildman–Crippen LogP) is 4.71. The van der Waals surface area contributed by atoms with Crippen molar-refractivity contribution < 1.29 is 4.79 Å². The van der Waals surface area contributed by atoms with Gasteiger partial charge in [0.25, 0.3) is 0 Å². The molecular formula is C27H31N5O. The largest absolute Gasteiger partial charge is 0.346 e. The van der Waals surface area contributed by atoms with Crippen LogP contribution in [0.25, 0.3) is 10.9 Å². The molecule has 0 spiro atoms. The molecule has 1 aliphatic heterocycles. The van der Waals surface area contributed by atoms with Crippen molar-refractivity contribution in [3.63, 3.8) is 0 Å². The van der Waals surface area contributed by atoms with E-state index in [0.29, 0.717) is 11.8 Å². The van der Waals surface area contributed by atoms with Gasteiger partial charge in [-0.05, 0) is 67.2 Å². The molecule has 6 nitrogen and oxygen atoms in total. The molecule has 1 amide bonds. The Kier molecular flexibility index (Phi) is 4.61. The van der Waals surface area contributed by atoms with Crippen LogP contribution in [0.5, 0.6) is 0 Å². The molecular weight excluding hydrogens is 410 g/mol. The number of nitrogens with zero attached hydrogens (tertiary/aromatic N) is 3. The van der Waals surface area contributed by atoms with Crippen LogP contribution >= 0.6 is 0 Å². The maximum Gasteiger partial charge on any atom is 0.239 e.